The number of carbonyl (C=O) groups is 3. The first-order chi connectivity index (χ1) is 34.0. The number of hydrogen-bond acceptors (Lipinski definition) is 6. The first-order valence-electron chi connectivity index (χ1n) is 26.8. The number of hydrogen-bond donors (Lipinski definition) is 0. The summed E-state index contributed by atoms with van der Waals surface area (Å²) in [4.78, 5) is 38.1. The van der Waals surface area contributed by atoms with Crippen LogP contribution in [0.1, 0.15) is 188 Å². The summed E-state index contributed by atoms with van der Waals surface area (Å²) < 4.78 is 16.7. The third kappa shape index (κ3) is 53.6. The fourth-order valence-electron chi connectivity index (χ4n) is 6.57. The highest BCUT2D eigenvalue weighted by Gasteiger charge is 2.19. The molecule has 0 aliphatic rings. The second-order valence-corrected chi connectivity index (χ2v) is 16.9. The molecule has 0 heterocycles. The van der Waals surface area contributed by atoms with Gasteiger partial charge in [0.25, 0.3) is 0 Å². The molecular weight excluding hydrogens is 853 g/mol. The molecule has 0 aliphatic heterocycles. The van der Waals surface area contributed by atoms with Gasteiger partial charge in [-0.25, -0.2) is 0 Å². The number of carbonyl (C=O) groups excluding carboxylic acids is 3. The second-order valence-electron chi connectivity index (χ2n) is 16.9. The van der Waals surface area contributed by atoms with Crippen molar-refractivity contribution in [1.82, 2.24) is 0 Å². The zero-order chi connectivity index (χ0) is 50.0. The molecule has 382 valence electrons. The van der Waals surface area contributed by atoms with Crippen LogP contribution in [0.15, 0.2) is 170 Å². The van der Waals surface area contributed by atoms with Gasteiger partial charge in [-0.15, -0.1) is 0 Å². The largest absolute Gasteiger partial charge is 0.462 e. The Bertz CT molecular complexity index is 1650. The third-order valence-electron chi connectivity index (χ3n) is 10.5. The van der Waals surface area contributed by atoms with Gasteiger partial charge in [0.1, 0.15) is 13.2 Å². The molecule has 0 aromatic rings. The lowest BCUT2D eigenvalue weighted by Crippen LogP contribution is -2.30. The minimum absolute atomic E-state index is 0.125. The molecule has 0 fully saturated rings. The molecule has 1 unspecified atom stereocenters. The zero-order valence-corrected chi connectivity index (χ0v) is 43.5. The fourth-order valence-corrected chi connectivity index (χ4v) is 6.57. The molecule has 0 radical (unpaired) electrons. The highest BCUT2D eigenvalue weighted by molar-refractivity contribution is 5.71. The molecule has 0 saturated carbocycles. The van der Waals surface area contributed by atoms with Crippen molar-refractivity contribution in [3.8, 4) is 0 Å². The van der Waals surface area contributed by atoms with Crippen LogP contribution in [-0.2, 0) is 28.6 Å². The van der Waals surface area contributed by atoms with E-state index >= 15 is 0 Å². The van der Waals surface area contributed by atoms with Crippen LogP contribution in [0.4, 0.5) is 0 Å². The van der Waals surface area contributed by atoms with Crippen LogP contribution in [0, 0.1) is 0 Å². The van der Waals surface area contributed by atoms with E-state index in [1.165, 1.54) is 38.5 Å². The lowest BCUT2D eigenvalue weighted by atomic mass is 10.1. The highest BCUT2D eigenvalue weighted by atomic mass is 16.6. The minimum atomic E-state index is -0.826. The molecule has 0 aromatic carbocycles. The Labute approximate surface area is 422 Å². The Morgan fingerprint density at radius 2 is 0.594 bits per heavy atom. The lowest BCUT2D eigenvalue weighted by Gasteiger charge is -2.18. The van der Waals surface area contributed by atoms with E-state index in [0.717, 1.165) is 103 Å². The van der Waals surface area contributed by atoms with Crippen molar-refractivity contribution in [1.29, 1.82) is 0 Å². The number of esters is 3. The molecule has 1 atom stereocenters. The maximum Gasteiger partial charge on any atom is 0.306 e. The van der Waals surface area contributed by atoms with Crippen molar-refractivity contribution < 1.29 is 28.6 Å². The molecule has 0 rings (SSSR count). The van der Waals surface area contributed by atoms with Crippen LogP contribution in [0.25, 0.3) is 0 Å². The summed E-state index contributed by atoms with van der Waals surface area (Å²) >= 11 is 0. The quantitative estimate of drug-likeness (QED) is 0.0199. The normalized spacial score (nSPS) is 13.5. The summed E-state index contributed by atoms with van der Waals surface area (Å²) in [5.41, 5.74) is 0. The monoisotopic (exact) mass is 947 g/mol. The maximum atomic E-state index is 12.8. The molecule has 0 aromatic heterocycles. The first kappa shape index (κ1) is 63.8. The Morgan fingerprint density at radius 3 is 1.00 bits per heavy atom. The second kappa shape index (κ2) is 55.4. The van der Waals surface area contributed by atoms with Gasteiger partial charge >= 0.3 is 17.9 Å². The van der Waals surface area contributed by atoms with Crippen molar-refractivity contribution in [2.45, 2.75) is 194 Å². The van der Waals surface area contributed by atoms with Crippen LogP contribution in [0.2, 0.25) is 0 Å². The van der Waals surface area contributed by atoms with Gasteiger partial charge in [0.2, 0.25) is 0 Å². The Hall–Kier alpha value is -5.23. The Morgan fingerprint density at radius 1 is 0.304 bits per heavy atom. The summed E-state index contributed by atoms with van der Waals surface area (Å²) in [6.07, 6.45) is 81.9. The van der Waals surface area contributed by atoms with Gasteiger partial charge in [0.05, 0.1) is 0 Å². The van der Waals surface area contributed by atoms with Gasteiger partial charge in [-0.1, -0.05) is 249 Å². The van der Waals surface area contributed by atoms with E-state index in [9.17, 15) is 14.4 Å². The van der Waals surface area contributed by atoms with Crippen LogP contribution >= 0.6 is 0 Å². The van der Waals surface area contributed by atoms with Gasteiger partial charge in [-0.3, -0.25) is 14.4 Å². The van der Waals surface area contributed by atoms with Crippen molar-refractivity contribution in [2.24, 2.45) is 0 Å². The van der Waals surface area contributed by atoms with Gasteiger partial charge in [-0.2, -0.15) is 0 Å². The van der Waals surface area contributed by atoms with Crippen LogP contribution in [-0.4, -0.2) is 37.2 Å². The molecule has 6 nitrogen and oxygen atoms in total. The van der Waals surface area contributed by atoms with E-state index in [2.05, 4.69) is 81.5 Å². The SMILES string of the molecule is CC/C=C/C=C/C=C/C=C/C=C/C=C/C=C/CCCCCC(=O)OCC(COC(=O)CCCCC/C=C/C=C/C=C/C=C/CC)OC(=O)CCCCCCCCCCC/C=C/C/C=C/C/C=C/CC. The predicted molar refractivity (Wildman–Crippen MR) is 297 cm³/mol. The third-order valence-corrected chi connectivity index (χ3v) is 10.5. The topological polar surface area (TPSA) is 78.9 Å². The van der Waals surface area contributed by atoms with E-state index in [-0.39, 0.29) is 37.5 Å². The summed E-state index contributed by atoms with van der Waals surface area (Å²) in [5, 5.41) is 0. The molecular formula is C63H94O6. The predicted octanol–water partition coefficient (Wildman–Crippen LogP) is 18.0. The Kier molecular flexibility index (Phi) is 51.2. The molecule has 0 saturated heterocycles. The van der Waals surface area contributed by atoms with Crippen molar-refractivity contribution >= 4 is 17.9 Å². The molecule has 6 heteroatoms. The van der Waals surface area contributed by atoms with E-state index in [4.69, 9.17) is 14.2 Å². The molecule has 0 amide bonds. The van der Waals surface area contributed by atoms with Gasteiger partial charge in [0, 0.05) is 19.3 Å². The smallest absolute Gasteiger partial charge is 0.306 e. The molecule has 0 aliphatic carbocycles. The van der Waals surface area contributed by atoms with Crippen LogP contribution < -0.4 is 0 Å². The van der Waals surface area contributed by atoms with E-state index in [1.54, 1.807) is 0 Å². The van der Waals surface area contributed by atoms with E-state index < -0.39 is 6.10 Å². The average molecular weight is 947 g/mol. The summed E-state index contributed by atoms with van der Waals surface area (Å²) in [7, 11) is 0. The minimum Gasteiger partial charge on any atom is -0.462 e. The van der Waals surface area contributed by atoms with E-state index in [1.807, 2.05) is 109 Å². The Balaban J connectivity index is 4.57. The number of allylic oxidation sites excluding steroid dienone is 28. The van der Waals surface area contributed by atoms with Crippen LogP contribution in [0.3, 0.4) is 0 Å². The fraction of sp³-hybridized carbons (Fsp3) is 0.508. The summed E-state index contributed by atoms with van der Waals surface area (Å²) in [6, 6.07) is 0. The molecule has 0 bridgehead atoms. The molecule has 0 spiro atoms. The molecule has 69 heavy (non-hydrogen) atoms. The van der Waals surface area contributed by atoms with Gasteiger partial charge in [0.15, 0.2) is 6.10 Å². The zero-order valence-electron chi connectivity index (χ0n) is 43.5. The van der Waals surface area contributed by atoms with Gasteiger partial charge in [-0.05, 0) is 89.9 Å². The van der Waals surface area contributed by atoms with Crippen molar-refractivity contribution in [3.63, 3.8) is 0 Å². The number of ether oxygens (including phenoxy) is 3. The maximum absolute atomic E-state index is 12.8. The van der Waals surface area contributed by atoms with Gasteiger partial charge < -0.3 is 14.2 Å². The average Bonchev–Trinajstić information content (AvgIpc) is 3.35. The van der Waals surface area contributed by atoms with Crippen molar-refractivity contribution in [3.05, 3.63) is 170 Å². The van der Waals surface area contributed by atoms with Crippen LogP contribution in [0.5, 0.6) is 0 Å². The van der Waals surface area contributed by atoms with E-state index in [0.29, 0.717) is 19.3 Å². The summed E-state index contributed by atoms with van der Waals surface area (Å²) in [5.74, 6) is -1.02. The first-order valence-corrected chi connectivity index (χ1v) is 26.8. The number of rotatable bonds is 45. The lowest BCUT2D eigenvalue weighted by molar-refractivity contribution is -0.167. The highest BCUT2D eigenvalue weighted by Crippen LogP contribution is 2.14. The summed E-state index contributed by atoms with van der Waals surface area (Å²) in [6.45, 7) is 6.14. The number of unbranched alkanes of at least 4 members (excludes halogenated alkanes) is 15. The van der Waals surface area contributed by atoms with Crippen molar-refractivity contribution in [2.75, 3.05) is 13.2 Å². The standard InChI is InChI=1S/C63H94O6/c1-4-7-10-13-16-19-22-25-27-29-31-33-35-38-41-44-47-50-53-56-62(65)68-59-60(58-67-61(64)55-52-49-46-43-40-37-24-21-18-15-12-9-6-3)69-63(66)57-54-51-48-45-42-39-36-34-32-30-28-26-23-20-17-14-11-8-5-2/h7-13,15-22,24-29,31,33,35,37-38,40-41,60H,4-6,14,23,30,32,34,36,39,42-59H2,1-3H3/b10-7+,11-8+,12-9+,16-13+,18-15+,20-17+,22-19+,24-21+,27-25+,28-26+,31-29+,35-33+,40-37+,41-38+. The molecule has 0 N–H and O–H groups in total.